The molecule has 0 aliphatic carbocycles. The molecule has 0 saturated heterocycles. The van der Waals surface area contributed by atoms with Crippen LogP contribution in [0.4, 0.5) is 5.82 Å². The minimum absolute atomic E-state index is 0.622. The second kappa shape index (κ2) is 5.84. The molecular weight excluding hydrogens is 258 g/mol. The Hall–Kier alpha value is -1.90. The van der Waals surface area contributed by atoms with E-state index in [4.69, 9.17) is 0 Å². The molecule has 21 heavy (non-hydrogen) atoms. The molecule has 1 atom stereocenters. The van der Waals surface area contributed by atoms with Gasteiger partial charge in [-0.3, -0.25) is 4.98 Å². The zero-order chi connectivity index (χ0) is 14.8. The molecule has 0 aromatic carbocycles. The zero-order valence-electron chi connectivity index (χ0n) is 13.1. The molecule has 0 radical (unpaired) electrons. The number of hydrogen-bond acceptors (Lipinski definition) is 3. The highest BCUT2D eigenvalue weighted by Crippen LogP contribution is 2.35. The van der Waals surface area contributed by atoms with Crippen LogP contribution in [-0.4, -0.2) is 22.6 Å². The van der Waals surface area contributed by atoms with Crippen molar-refractivity contribution in [3.63, 3.8) is 0 Å². The SMILES string of the molecule is CC[C@H]1CCc2c(-c3ccc(C)cn3)ccnc2N1CC. The van der Waals surface area contributed by atoms with Gasteiger partial charge in [-0.25, -0.2) is 4.98 Å². The van der Waals surface area contributed by atoms with E-state index in [9.17, 15) is 0 Å². The molecule has 3 rings (SSSR count). The van der Waals surface area contributed by atoms with Crippen molar-refractivity contribution >= 4 is 5.82 Å². The summed E-state index contributed by atoms with van der Waals surface area (Å²) in [6.07, 6.45) is 7.36. The number of rotatable bonds is 3. The summed E-state index contributed by atoms with van der Waals surface area (Å²) >= 11 is 0. The molecule has 0 saturated carbocycles. The molecule has 3 heteroatoms. The first-order chi connectivity index (χ1) is 10.2. The number of nitrogens with zero attached hydrogens (tertiary/aromatic N) is 3. The highest BCUT2D eigenvalue weighted by atomic mass is 15.2. The van der Waals surface area contributed by atoms with Gasteiger partial charge in [0, 0.05) is 36.1 Å². The van der Waals surface area contributed by atoms with Crippen LogP contribution in [0.1, 0.15) is 37.8 Å². The fraction of sp³-hybridized carbons (Fsp3) is 0.444. The maximum atomic E-state index is 4.67. The highest BCUT2D eigenvalue weighted by molar-refractivity contribution is 5.71. The molecule has 1 aliphatic rings. The average Bonchev–Trinajstić information content (AvgIpc) is 2.53. The van der Waals surface area contributed by atoms with Crippen molar-refractivity contribution < 1.29 is 0 Å². The van der Waals surface area contributed by atoms with E-state index in [1.54, 1.807) is 0 Å². The summed E-state index contributed by atoms with van der Waals surface area (Å²) in [4.78, 5) is 11.7. The Kier molecular flexibility index (Phi) is 3.91. The Morgan fingerprint density at radius 1 is 1.19 bits per heavy atom. The number of pyridine rings is 2. The minimum atomic E-state index is 0.622. The first-order valence-corrected chi connectivity index (χ1v) is 7.92. The molecule has 3 heterocycles. The van der Waals surface area contributed by atoms with E-state index in [0.717, 1.165) is 24.5 Å². The largest absolute Gasteiger partial charge is 0.354 e. The van der Waals surface area contributed by atoms with Crippen molar-refractivity contribution in [2.75, 3.05) is 11.4 Å². The van der Waals surface area contributed by atoms with Crippen LogP contribution in [0.15, 0.2) is 30.6 Å². The average molecular weight is 281 g/mol. The predicted molar refractivity (Wildman–Crippen MR) is 87.6 cm³/mol. The second-order valence-electron chi connectivity index (χ2n) is 5.77. The zero-order valence-corrected chi connectivity index (χ0v) is 13.1. The third-order valence-electron chi connectivity index (χ3n) is 4.47. The van der Waals surface area contributed by atoms with Crippen LogP contribution in [0.3, 0.4) is 0 Å². The summed E-state index contributed by atoms with van der Waals surface area (Å²) in [6.45, 7) is 7.58. The summed E-state index contributed by atoms with van der Waals surface area (Å²) < 4.78 is 0. The molecule has 3 nitrogen and oxygen atoms in total. The maximum Gasteiger partial charge on any atom is 0.132 e. The third-order valence-corrected chi connectivity index (χ3v) is 4.47. The van der Waals surface area contributed by atoms with Crippen LogP contribution in [0.2, 0.25) is 0 Å². The number of hydrogen-bond donors (Lipinski definition) is 0. The minimum Gasteiger partial charge on any atom is -0.354 e. The van der Waals surface area contributed by atoms with E-state index in [1.807, 2.05) is 12.4 Å². The van der Waals surface area contributed by atoms with E-state index in [1.165, 1.54) is 29.5 Å². The van der Waals surface area contributed by atoms with Gasteiger partial charge < -0.3 is 4.90 Å². The van der Waals surface area contributed by atoms with Crippen LogP contribution < -0.4 is 4.90 Å². The molecule has 0 N–H and O–H groups in total. The van der Waals surface area contributed by atoms with Crippen molar-refractivity contribution in [3.05, 3.63) is 41.7 Å². The van der Waals surface area contributed by atoms with Crippen molar-refractivity contribution in [1.82, 2.24) is 9.97 Å². The van der Waals surface area contributed by atoms with Crippen molar-refractivity contribution in [2.45, 2.75) is 46.1 Å². The van der Waals surface area contributed by atoms with E-state index < -0.39 is 0 Å². The fourth-order valence-corrected chi connectivity index (χ4v) is 3.31. The van der Waals surface area contributed by atoms with E-state index in [-0.39, 0.29) is 0 Å². The van der Waals surface area contributed by atoms with Crippen molar-refractivity contribution in [1.29, 1.82) is 0 Å². The molecule has 0 bridgehead atoms. The lowest BCUT2D eigenvalue weighted by Gasteiger charge is -2.37. The predicted octanol–water partition coefficient (Wildman–Crippen LogP) is 4.00. The smallest absolute Gasteiger partial charge is 0.132 e. The Labute approximate surface area is 127 Å². The highest BCUT2D eigenvalue weighted by Gasteiger charge is 2.27. The van der Waals surface area contributed by atoms with Gasteiger partial charge in [0.15, 0.2) is 0 Å². The Morgan fingerprint density at radius 3 is 2.71 bits per heavy atom. The first kappa shape index (κ1) is 14.1. The van der Waals surface area contributed by atoms with Crippen molar-refractivity contribution in [3.8, 4) is 11.3 Å². The second-order valence-corrected chi connectivity index (χ2v) is 5.77. The standard InChI is InChI=1S/C18H23N3/c1-4-14-7-8-16-15(17-9-6-13(3)12-20-17)10-11-19-18(16)21(14)5-2/h6,9-12,14H,4-5,7-8H2,1-3H3/t14-/m0/s1. The molecule has 110 valence electrons. The molecule has 0 spiro atoms. The fourth-order valence-electron chi connectivity index (χ4n) is 3.31. The Balaban J connectivity index is 2.07. The van der Waals surface area contributed by atoms with Gasteiger partial charge in [0.2, 0.25) is 0 Å². The summed E-state index contributed by atoms with van der Waals surface area (Å²) in [5.74, 6) is 1.16. The summed E-state index contributed by atoms with van der Waals surface area (Å²) in [5, 5.41) is 0. The summed E-state index contributed by atoms with van der Waals surface area (Å²) in [6, 6.07) is 6.98. The molecule has 0 fully saturated rings. The Morgan fingerprint density at radius 2 is 2.05 bits per heavy atom. The number of anilines is 1. The third kappa shape index (κ3) is 2.53. The first-order valence-electron chi connectivity index (χ1n) is 7.92. The van der Waals surface area contributed by atoms with Gasteiger partial charge in [-0.15, -0.1) is 0 Å². The Bertz CT molecular complexity index is 619. The van der Waals surface area contributed by atoms with Crippen LogP contribution in [0, 0.1) is 6.92 Å². The molecule has 0 amide bonds. The lowest BCUT2D eigenvalue weighted by molar-refractivity contribution is 0.515. The van der Waals surface area contributed by atoms with Crippen molar-refractivity contribution in [2.24, 2.45) is 0 Å². The summed E-state index contributed by atoms with van der Waals surface area (Å²) in [7, 11) is 0. The number of aryl methyl sites for hydroxylation is 1. The quantitative estimate of drug-likeness (QED) is 0.851. The van der Waals surface area contributed by atoms with Crippen LogP contribution in [0.25, 0.3) is 11.3 Å². The van der Waals surface area contributed by atoms with Gasteiger partial charge in [0.1, 0.15) is 5.82 Å². The van der Waals surface area contributed by atoms with Gasteiger partial charge >= 0.3 is 0 Å². The lowest BCUT2D eigenvalue weighted by Crippen LogP contribution is -2.39. The molecule has 2 aromatic rings. The van der Waals surface area contributed by atoms with E-state index in [0.29, 0.717) is 6.04 Å². The van der Waals surface area contributed by atoms with Gasteiger partial charge in [-0.1, -0.05) is 13.0 Å². The van der Waals surface area contributed by atoms with Gasteiger partial charge in [-0.05, 0) is 50.8 Å². The topological polar surface area (TPSA) is 29.0 Å². The van der Waals surface area contributed by atoms with Crippen LogP contribution in [-0.2, 0) is 6.42 Å². The molecule has 0 unspecified atom stereocenters. The number of fused-ring (bicyclic) bond motifs is 1. The number of aromatic nitrogens is 2. The van der Waals surface area contributed by atoms with E-state index in [2.05, 4.69) is 53.8 Å². The van der Waals surface area contributed by atoms with Crippen LogP contribution >= 0.6 is 0 Å². The maximum absolute atomic E-state index is 4.67. The summed E-state index contributed by atoms with van der Waals surface area (Å²) in [5.41, 5.74) is 4.86. The van der Waals surface area contributed by atoms with Gasteiger partial charge in [-0.2, -0.15) is 0 Å². The van der Waals surface area contributed by atoms with Gasteiger partial charge in [0.25, 0.3) is 0 Å². The monoisotopic (exact) mass is 281 g/mol. The van der Waals surface area contributed by atoms with E-state index >= 15 is 0 Å². The normalized spacial score (nSPS) is 17.7. The molecule has 2 aromatic heterocycles. The lowest BCUT2D eigenvalue weighted by atomic mass is 9.92. The van der Waals surface area contributed by atoms with Gasteiger partial charge in [0.05, 0.1) is 5.69 Å². The molecule has 1 aliphatic heterocycles. The van der Waals surface area contributed by atoms with Crippen LogP contribution in [0.5, 0.6) is 0 Å². The molecular formula is C18H23N3.